The molecule has 4 N–H and O–H groups in total. The van der Waals surface area contributed by atoms with Crippen molar-refractivity contribution in [3.63, 3.8) is 0 Å². The van der Waals surface area contributed by atoms with Gasteiger partial charge in [-0.25, -0.2) is 0 Å². The zero-order chi connectivity index (χ0) is 11.3. The van der Waals surface area contributed by atoms with Crippen LogP contribution in [0.2, 0.25) is 5.02 Å². The minimum absolute atomic E-state index is 0.0674. The Morgan fingerprint density at radius 3 is 2.80 bits per heavy atom. The molecule has 3 nitrogen and oxygen atoms in total. The molecule has 1 aromatic carbocycles. The van der Waals surface area contributed by atoms with E-state index >= 15 is 0 Å². The topological polar surface area (TPSA) is 61.3 Å². The van der Waals surface area contributed by atoms with E-state index in [-0.39, 0.29) is 6.04 Å². The molecule has 0 saturated carbocycles. The monoisotopic (exact) mass is 228 g/mol. The second-order valence-corrected chi connectivity index (χ2v) is 3.86. The highest BCUT2D eigenvalue weighted by molar-refractivity contribution is 6.30. The Kier molecular flexibility index (Phi) is 4.88. The Bertz CT molecular complexity index is 317. The average Bonchev–Trinajstić information content (AvgIpc) is 2.25. The van der Waals surface area contributed by atoms with Gasteiger partial charge < -0.3 is 16.2 Å². The standard InChI is InChI=1S/C11H17ClN2O/c1-15-11-5-4-8(12)7-9(11)10(14)3-2-6-13/h4-5,7,10H,2-3,6,13-14H2,1H3/t10-/m1/s1. The molecule has 0 radical (unpaired) electrons. The van der Waals surface area contributed by atoms with Gasteiger partial charge in [-0.2, -0.15) is 0 Å². The molecular weight excluding hydrogens is 212 g/mol. The fraction of sp³-hybridized carbons (Fsp3) is 0.455. The lowest BCUT2D eigenvalue weighted by atomic mass is 10.0. The lowest BCUT2D eigenvalue weighted by molar-refractivity contribution is 0.404. The maximum absolute atomic E-state index is 6.03. The number of ether oxygens (including phenoxy) is 1. The van der Waals surface area contributed by atoms with Crippen molar-refractivity contribution < 1.29 is 4.74 Å². The maximum Gasteiger partial charge on any atom is 0.123 e. The van der Waals surface area contributed by atoms with Crippen LogP contribution in [0.3, 0.4) is 0 Å². The Labute approximate surface area is 95.4 Å². The van der Waals surface area contributed by atoms with E-state index in [2.05, 4.69) is 0 Å². The molecule has 1 atom stereocenters. The second-order valence-electron chi connectivity index (χ2n) is 3.42. The molecule has 0 unspecified atom stereocenters. The molecule has 0 aliphatic carbocycles. The highest BCUT2D eigenvalue weighted by Gasteiger charge is 2.11. The number of rotatable bonds is 5. The van der Waals surface area contributed by atoms with E-state index in [1.165, 1.54) is 0 Å². The van der Waals surface area contributed by atoms with E-state index in [0.717, 1.165) is 24.2 Å². The van der Waals surface area contributed by atoms with Crippen LogP contribution in [0.4, 0.5) is 0 Å². The van der Waals surface area contributed by atoms with Gasteiger partial charge >= 0.3 is 0 Å². The SMILES string of the molecule is COc1ccc(Cl)cc1[C@H](N)CCCN. The summed E-state index contributed by atoms with van der Waals surface area (Å²) in [5, 5.41) is 0.675. The predicted octanol–water partition coefficient (Wildman–Crippen LogP) is 2.09. The molecule has 0 fully saturated rings. The van der Waals surface area contributed by atoms with Gasteiger partial charge in [-0.3, -0.25) is 0 Å². The van der Waals surface area contributed by atoms with Gasteiger partial charge in [-0.15, -0.1) is 0 Å². The highest BCUT2D eigenvalue weighted by Crippen LogP contribution is 2.29. The van der Waals surface area contributed by atoms with Crippen molar-refractivity contribution in [1.82, 2.24) is 0 Å². The molecule has 15 heavy (non-hydrogen) atoms. The number of halogens is 1. The molecule has 4 heteroatoms. The minimum Gasteiger partial charge on any atom is -0.496 e. The van der Waals surface area contributed by atoms with Crippen molar-refractivity contribution in [3.05, 3.63) is 28.8 Å². The van der Waals surface area contributed by atoms with Crippen LogP contribution in [0.25, 0.3) is 0 Å². The van der Waals surface area contributed by atoms with E-state index in [0.29, 0.717) is 11.6 Å². The minimum atomic E-state index is -0.0674. The third kappa shape index (κ3) is 3.38. The second kappa shape index (κ2) is 5.95. The molecular formula is C11H17ClN2O. The van der Waals surface area contributed by atoms with Crippen molar-refractivity contribution in [2.45, 2.75) is 18.9 Å². The van der Waals surface area contributed by atoms with Crippen LogP contribution in [-0.4, -0.2) is 13.7 Å². The molecule has 0 aliphatic heterocycles. The van der Waals surface area contributed by atoms with Crippen molar-refractivity contribution in [2.24, 2.45) is 11.5 Å². The third-order valence-electron chi connectivity index (χ3n) is 2.31. The van der Waals surface area contributed by atoms with Gasteiger partial charge in [0.05, 0.1) is 7.11 Å². The Hall–Kier alpha value is -0.770. The van der Waals surface area contributed by atoms with Crippen LogP contribution in [0, 0.1) is 0 Å². The molecule has 0 saturated heterocycles. The van der Waals surface area contributed by atoms with E-state index in [1.807, 2.05) is 12.1 Å². The summed E-state index contributed by atoms with van der Waals surface area (Å²) in [6, 6.07) is 5.41. The number of methoxy groups -OCH3 is 1. The summed E-state index contributed by atoms with van der Waals surface area (Å²) < 4.78 is 5.23. The van der Waals surface area contributed by atoms with Crippen LogP contribution in [0.1, 0.15) is 24.4 Å². The molecule has 84 valence electrons. The van der Waals surface area contributed by atoms with Crippen molar-refractivity contribution >= 4 is 11.6 Å². The average molecular weight is 229 g/mol. The molecule has 1 aromatic rings. The Balaban J connectivity index is 2.85. The summed E-state index contributed by atoms with van der Waals surface area (Å²) in [7, 11) is 1.63. The summed E-state index contributed by atoms with van der Waals surface area (Å²) in [4.78, 5) is 0. The van der Waals surface area contributed by atoms with Crippen molar-refractivity contribution in [3.8, 4) is 5.75 Å². The molecule has 0 aliphatic rings. The lowest BCUT2D eigenvalue weighted by Crippen LogP contribution is -2.13. The number of nitrogens with two attached hydrogens (primary N) is 2. The molecule has 0 spiro atoms. The zero-order valence-corrected chi connectivity index (χ0v) is 9.63. The smallest absolute Gasteiger partial charge is 0.123 e. The molecule has 0 aromatic heterocycles. The largest absolute Gasteiger partial charge is 0.496 e. The quantitative estimate of drug-likeness (QED) is 0.811. The van der Waals surface area contributed by atoms with Gasteiger partial charge in [0, 0.05) is 16.6 Å². The summed E-state index contributed by atoms with van der Waals surface area (Å²) in [6.45, 7) is 0.649. The number of benzene rings is 1. The number of hydrogen-bond acceptors (Lipinski definition) is 3. The van der Waals surface area contributed by atoms with Gasteiger partial charge in [0.1, 0.15) is 5.75 Å². The van der Waals surface area contributed by atoms with E-state index < -0.39 is 0 Å². The Morgan fingerprint density at radius 1 is 1.47 bits per heavy atom. The zero-order valence-electron chi connectivity index (χ0n) is 8.87. The lowest BCUT2D eigenvalue weighted by Gasteiger charge is -2.15. The summed E-state index contributed by atoms with van der Waals surface area (Å²) >= 11 is 5.92. The van der Waals surface area contributed by atoms with Crippen molar-refractivity contribution in [2.75, 3.05) is 13.7 Å². The third-order valence-corrected chi connectivity index (χ3v) is 2.55. The van der Waals surface area contributed by atoms with Gasteiger partial charge in [-0.05, 0) is 37.6 Å². The van der Waals surface area contributed by atoms with E-state index in [1.54, 1.807) is 13.2 Å². The summed E-state index contributed by atoms with van der Waals surface area (Å²) in [5.74, 6) is 0.781. The maximum atomic E-state index is 6.03. The normalized spacial score (nSPS) is 12.5. The molecule has 0 amide bonds. The fourth-order valence-electron chi connectivity index (χ4n) is 1.49. The van der Waals surface area contributed by atoms with Gasteiger partial charge in [-0.1, -0.05) is 11.6 Å². The number of hydrogen-bond donors (Lipinski definition) is 2. The first-order chi connectivity index (χ1) is 7.19. The predicted molar refractivity (Wildman–Crippen MR) is 63.2 cm³/mol. The highest BCUT2D eigenvalue weighted by atomic mass is 35.5. The Morgan fingerprint density at radius 2 is 2.20 bits per heavy atom. The van der Waals surface area contributed by atoms with E-state index in [4.69, 9.17) is 27.8 Å². The van der Waals surface area contributed by atoms with Gasteiger partial charge in [0.15, 0.2) is 0 Å². The first kappa shape index (κ1) is 12.3. The fourth-order valence-corrected chi connectivity index (χ4v) is 1.67. The molecule has 0 heterocycles. The molecule has 0 bridgehead atoms. The van der Waals surface area contributed by atoms with Crippen LogP contribution in [0.5, 0.6) is 5.75 Å². The summed E-state index contributed by atoms with van der Waals surface area (Å²) in [6.07, 6.45) is 1.74. The van der Waals surface area contributed by atoms with Crippen LogP contribution in [0.15, 0.2) is 18.2 Å². The first-order valence-electron chi connectivity index (χ1n) is 4.98. The van der Waals surface area contributed by atoms with Crippen LogP contribution < -0.4 is 16.2 Å². The van der Waals surface area contributed by atoms with Gasteiger partial charge in [0.2, 0.25) is 0 Å². The van der Waals surface area contributed by atoms with Gasteiger partial charge in [0.25, 0.3) is 0 Å². The summed E-state index contributed by atoms with van der Waals surface area (Å²) in [5.41, 5.74) is 12.4. The van der Waals surface area contributed by atoms with Crippen molar-refractivity contribution in [1.29, 1.82) is 0 Å². The van der Waals surface area contributed by atoms with E-state index in [9.17, 15) is 0 Å². The molecule has 1 rings (SSSR count). The van der Waals surface area contributed by atoms with Crippen LogP contribution in [-0.2, 0) is 0 Å². The first-order valence-corrected chi connectivity index (χ1v) is 5.36. The van der Waals surface area contributed by atoms with Crippen LogP contribution >= 0.6 is 11.6 Å².